The van der Waals surface area contributed by atoms with Crippen molar-refractivity contribution < 1.29 is 4.74 Å². The molecule has 4 heteroatoms. The lowest BCUT2D eigenvalue weighted by atomic mass is 10.4. The Balaban J connectivity index is 2.07. The molecule has 0 aliphatic heterocycles. The third kappa shape index (κ3) is 4.36. The minimum atomic E-state index is 0.281. The second-order valence-electron chi connectivity index (χ2n) is 2.88. The fourth-order valence-corrected chi connectivity index (χ4v) is 1.63. The lowest BCUT2D eigenvalue weighted by molar-refractivity contribution is 0.0759. The van der Waals surface area contributed by atoms with Crippen LogP contribution in [0.4, 0.5) is 0 Å². The van der Waals surface area contributed by atoms with Crippen LogP contribution in [0.2, 0.25) is 0 Å². The monoisotopic (exact) mass is 200 g/mol. The fraction of sp³-hybridized carbons (Fsp3) is 0.667. The van der Waals surface area contributed by atoms with E-state index in [-0.39, 0.29) is 6.10 Å². The highest BCUT2D eigenvalue weighted by atomic mass is 32.1. The molecule has 0 saturated carbocycles. The molecule has 0 aromatic carbocycles. The molecular weight excluding hydrogens is 184 g/mol. The van der Waals surface area contributed by atoms with Gasteiger partial charge >= 0.3 is 0 Å². The van der Waals surface area contributed by atoms with Crippen LogP contribution in [0.5, 0.6) is 0 Å². The van der Waals surface area contributed by atoms with Crippen LogP contribution in [-0.4, -0.2) is 24.2 Å². The van der Waals surface area contributed by atoms with Crippen molar-refractivity contribution in [3.05, 3.63) is 16.6 Å². The maximum atomic E-state index is 5.38. The van der Waals surface area contributed by atoms with Crippen LogP contribution >= 0.6 is 11.3 Å². The van der Waals surface area contributed by atoms with Crippen molar-refractivity contribution in [3.63, 3.8) is 0 Å². The number of nitrogens with one attached hydrogen (secondary N) is 1. The predicted molar refractivity (Wildman–Crippen MR) is 54.9 cm³/mol. The first kappa shape index (κ1) is 10.6. The first-order valence-electron chi connectivity index (χ1n) is 4.52. The molecule has 0 fully saturated rings. The zero-order valence-corrected chi connectivity index (χ0v) is 8.93. The predicted octanol–water partition coefficient (Wildman–Crippen LogP) is 1.66. The van der Waals surface area contributed by atoms with E-state index in [1.807, 2.05) is 12.4 Å². The van der Waals surface area contributed by atoms with Crippen molar-refractivity contribution >= 4 is 11.3 Å². The Bertz CT molecular complexity index is 213. The van der Waals surface area contributed by atoms with Gasteiger partial charge in [-0.1, -0.05) is 0 Å². The van der Waals surface area contributed by atoms with Gasteiger partial charge in [-0.05, 0) is 13.8 Å². The van der Waals surface area contributed by atoms with Crippen LogP contribution < -0.4 is 5.32 Å². The summed E-state index contributed by atoms with van der Waals surface area (Å²) < 4.78 is 5.38. The zero-order chi connectivity index (χ0) is 9.52. The second-order valence-corrected chi connectivity index (χ2v) is 3.60. The molecule has 0 amide bonds. The Kier molecular flexibility index (Phi) is 4.97. The number of hydrogen-bond acceptors (Lipinski definition) is 4. The van der Waals surface area contributed by atoms with Crippen LogP contribution in [0.1, 0.15) is 19.5 Å². The van der Waals surface area contributed by atoms with Crippen LogP contribution in [0, 0.1) is 0 Å². The van der Waals surface area contributed by atoms with Gasteiger partial charge in [0.15, 0.2) is 0 Å². The molecular formula is C9H16N2OS. The Morgan fingerprint density at radius 3 is 3.15 bits per heavy atom. The summed E-state index contributed by atoms with van der Waals surface area (Å²) in [6, 6.07) is 0. The van der Waals surface area contributed by atoms with E-state index < -0.39 is 0 Å². The van der Waals surface area contributed by atoms with Crippen molar-refractivity contribution in [2.75, 3.05) is 13.2 Å². The second kappa shape index (κ2) is 6.07. The Morgan fingerprint density at radius 2 is 2.54 bits per heavy atom. The Labute approximate surface area is 83.1 Å². The number of ether oxygens (including phenoxy) is 1. The van der Waals surface area contributed by atoms with E-state index in [4.69, 9.17) is 4.74 Å². The normalized spacial score (nSPS) is 13.1. The quantitative estimate of drug-likeness (QED) is 0.758. The van der Waals surface area contributed by atoms with Gasteiger partial charge in [-0.3, -0.25) is 0 Å². The van der Waals surface area contributed by atoms with Crippen LogP contribution in [0.15, 0.2) is 10.9 Å². The van der Waals surface area contributed by atoms with Gasteiger partial charge in [-0.25, -0.2) is 4.98 Å². The van der Waals surface area contributed by atoms with Crippen LogP contribution in [-0.2, 0) is 11.3 Å². The largest absolute Gasteiger partial charge is 0.377 e. The number of aromatic nitrogens is 1. The van der Waals surface area contributed by atoms with E-state index in [1.165, 1.54) is 0 Å². The summed E-state index contributed by atoms with van der Waals surface area (Å²) in [4.78, 5) is 4.17. The average Bonchev–Trinajstić information content (AvgIpc) is 2.57. The molecule has 1 heterocycles. The highest BCUT2D eigenvalue weighted by molar-refractivity contribution is 7.07. The summed E-state index contributed by atoms with van der Waals surface area (Å²) in [7, 11) is 0. The maximum absolute atomic E-state index is 5.38. The first-order chi connectivity index (χ1) is 6.33. The molecule has 1 unspecified atom stereocenters. The SMILES string of the molecule is CCOC(C)CNCc1cscn1. The lowest BCUT2D eigenvalue weighted by Gasteiger charge is -2.11. The average molecular weight is 200 g/mol. The Morgan fingerprint density at radius 1 is 1.69 bits per heavy atom. The third-order valence-corrected chi connectivity index (χ3v) is 2.31. The molecule has 0 saturated heterocycles. The summed E-state index contributed by atoms with van der Waals surface area (Å²) in [6.07, 6.45) is 0.281. The molecule has 0 radical (unpaired) electrons. The van der Waals surface area contributed by atoms with Crippen LogP contribution in [0.25, 0.3) is 0 Å². The number of hydrogen-bond donors (Lipinski definition) is 1. The van der Waals surface area contributed by atoms with Gasteiger partial charge in [-0.2, -0.15) is 0 Å². The van der Waals surface area contributed by atoms with Gasteiger partial charge in [0.25, 0.3) is 0 Å². The number of rotatable bonds is 6. The standard InChI is InChI=1S/C9H16N2OS/c1-3-12-8(2)4-10-5-9-6-13-7-11-9/h6-8,10H,3-5H2,1-2H3. The fourth-order valence-electron chi connectivity index (χ4n) is 1.07. The molecule has 1 aromatic rings. The molecule has 0 bridgehead atoms. The van der Waals surface area contributed by atoms with E-state index >= 15 is 0 Å². The first-order valence-corrected chi connectivity index (χ1v) is 5.46. The summed E-state index contributed by atoms with van der Waals surface area (Å²) >= 11 is 1.63. The smallest absolute Gasteiger partial charge is 0.0795 e. The summed E-state index contributed by atoms with van der Waals surface area (Å²) in [5.74, 6) is 0. The lowest BCUT2D eigenvalue weighted by Crippen LogP contribution is -2.26. The molecule has 1 N–H and O–H groups in total. The highest BCUT2D eigenvalue weighted by Crippen LogP contribution is 1.99. The molecule has 0 spiro atoms. The topological polar surface area (TPSA) is 34.1 Å². The minimum absolute atomic E-state index is 0.281. The van der Waals surface area contributed by atoms with Crippen molar-refractivity contribution in [2.24, 2.45) is 0 Å². The highest BCUT2D eigenvalue weighted by Gasteiger charge is 2.00. The van der Waals surface area contributed by atoms with Crippen molar-refractivity contribution in [3.8, 4) is 0 Å². The van der Waals surface area contributed by atoms with Crippen LogP contribution in [0.3, 0.4) is 0 Å². The van der Waals surface area contributed by atoms with E-state index in [0.29, 0.717) is 0 Å². The molecule has 1 aromatic heterocycles. The Hall–Kier alpha value is -0.450. The number of nitrogens with zero attached hydrogens (tertiary/aromatic N) is 1. The third-order valence-electron chi connectivity index (χ3n) is 1.67. The molecule has 1 atom stereocenters. The zero-order valence-electron chi connectivity index (χ0n) is 8.12. The molecule has 0 aliphatic rings. The minimum Gasteiger partial charge on any atom is -0.377 e. The summed E-state index contributed by atoms with van der Waals surface area (Å²) in [5.41, 5.74) is 2.96. The molecule has 0 aliphatic carbocycles. The van der Waals surface area contributed by atoms with Crippen molar-refractivity contribution in [1.29, 1.82) is 0 Å². The molecule has 74 valence electrons. The van der Waals surface area contributed by atoms with E-state index in [9.17, 15) is 0 Å². The van der Waals surface area contributed by atoms with Gasteiger partial charge in [0, 0.05) is 25.1 Å². The summed E-state index contributed by atoms with van der Waals surface area (Å²) in [6.45, 7) is 6.57. The van der Waals surface area contributed by atoms with E-state index in [1.54, 1.807) is 11.3 Å². The van der Waals surface area contributed by atoms with Crippen molar-refractivity contribution in [1.82, 2.24) is 10.3 Å². The number of thiazole rings is 1. The molecule has 3 nitrogen and oxygen atoms in total. The van der Waals surface area contributed by atoms with Gasteiger partial charge in [0.1, 0.15) is 0 Å². The van der Waals surface area contributed by atoms with Gasteiger partial charge in [0.2, 0.25) is 0 Å². The molecule has 13 heavy (non-hydrogen) atoms. The van der Waals surface area contributed by atoms with Gasteiger partial charge in [-0.15, -0.1) is 11.3 Å². The van der Waals surface area contributed by atoms with Gasteiger partial charge in [0.05, 0.1) is 17.3 Å². The maximum Gasteiger partial charge on any atom is 0.0795 e. The molecule has 1 rings (SSSR count). The van der Waals surface area contributed by atoms with E-state index in [0.717, 1.165) is 25.4 Å². The van der Waals surface area contributed by atoms with Gasteiger partial charge < -0.3 is 10.1 Å². The van der Waals surface area contributed by atoms with E-state index in [2.05, 4.69) is 22.6 Å². The van der Waals surface area contributed by atoms with Crippen molar-refractivity contribution in [2.45, 2.75) is 26.5 Å². The summed E-state index contributed by atoms with van der Waals surface area (Å²) in [5, 5.41) is 5.35.